The topological polar surface area (TPSA) is 40.5 Å². The number of carbonyl (C=O) groups excluding carboxylic acids is 1. The molecule has 1 heterocycles. The summed E-state index contributed by atoms with van der Waals surface area (Å²) in [7, 11) is 0. The summed E-state index contributed by atoms with van der Waals surface area (Å²) in [5.74, 6) is -0.265. The molecule has 0 radical (unpaired) electrons. The van der Waals surface area contributed by atoms with Crippen molar-refractivity contribution in [2.75, 3.05) is 13.1 Å². The molecule has 7 heteroatoms. The van der Waals surface area contributed by atoms with Gasteiger partial charge in [0.15, 0.2) is 0 Å². The van der Waals surface area contributed by atoms with Crippen LogP contribution in [0.4, 0.5) is 13.2 Å². The van der Waals surface area contributed by atoms with Gasteiger partial charge in [0.05, 0.1) is 5.60 Å². The summed E-state index contributed by atoms with van der Waals surface area (Å²) >= 11 is -0.208. The highest BCUT2D eigenvalue weighted by molar-refractivity contribution is 8.00. The van der Waals surface area contributed by atoms with Crippen LogP contribution in [-0.4, -0.2) is 40.1 Å². The summed E-state index contributed by atoms with van der Waals surface area (Å²) < 4.78 is 36.7. The van der Waals surface area contributed by atoms with Crippen molar-refractivity contribution in [2.45, 2.75) is 35.8 Å². The number of piperidine rings is 1. The van der Waals surface area contributed by atoms with Crippen molar-refractivity contribution in [2.24, 2.45) is 0 Å². The van der Waals surface area contributed by atoms with Crippen LogP contribution in [0.5, 0.6) is 0 Å². The molecule has 1 N–H and O–H groups in total. The SMILES string of the molecule is CC1(O)CCCN(C(=O)c2ccc(SC(F)(F)F)cc2)C1. The molecule has 0 spiro atoms. The number of thioether (sulfide) groups is 1. The molecule has 1 unspecified atom stereocenters. The van der Waals surface area contributed by atoms with Crippen LogP contribution < -0.4 is 0 Å². The maximum atomic E-state index is 12.3. The molecule has 1 saturated heterocycles. The molecule has 0 aromatic heterocycles. The first kappa shape index (κ1) is 16.2. The number of rotatable bonds is 2. The molecular weight excluding hydrogens is 303 g/mol. The van der Waals surface area contributed by atoms with Crippen LogP contribution in [-0.2, 0) is 0 Å². The molecule has 0 saturated carbocycles. The lowest BCUT2D eigenvalue weighted by atomic mass is 9.94. The van der Waals surface area contributed by atoms with Crippen molar-refractivity contribution in [3.63, 3.8) is 0 Å². The minimum Gasteiger partial charge on any atom is -0.388 e. The maximum Gasteiger partial charge on any atom is 0.446 e. The summed E-state index contributed by atoms with van der Waals surface area (Å²) in [6.07, 6.45) is 1.35. The van der Waals surface area contributed by atoms with Gasteiger partial charge in [-0.05, 0) is 55.8 Å². The van der Waals surface area contributed by atoms with Gasteiger partial charge < -0.3 is 10.0 Å². The predicted octanol–water partition coefficient (Wildman–Crippen LogP) is 3.29. The van der Waals surface area contributed by atoms with Crippen molar-refractivity contribution in [3.05, 3.63) is 29.8 Å². The number of halogens is 3. The molecule has 0 aliphatic carbocycles. The fourth-order valence-electron chi connectivity index (χ4n) is 2.38. The summed E-state index contributed by atoms with van der Waals surface area (Å²) in [4.78, 5) is 13.9. The number of hydrogen-bond donors (Lipinski definition) is 1. The lowest BCUT2D eigenvalue weighted by Crippen LogP contribution is -2.48. The van der Waals surface area contributed by atoms with Crippen LogP contribution in [0.15, 0.2) is 29.2 Å². The van der Waals surface area contributed by atoms with E-state index in [0.717, 1.165) is 0 Å². The average molecular weight is 319 g/mol. The second-order valence-corrected chi connectivity index (χ2v) is 6.54. The summed E-state index contributed by atoms with van der Waals surface area (Å²) in [6.45, 7) is 2.47. The molecule has 1 amide bonds. The quantitative estimate of drug-likeness (QED) is 0.851. The highest BCUT2D eigenvalue weighted by atomic mass is 32.2. The third kappa shape index (κ3) is 4.64. The second-order valence-electron chi connectivity index (χ2n) is 5.40. The fourth-order valence-corrected chi connectivity index (χ4v) is 2.91. The monoisotopic (exact) mass is 319 g/mol. The Hall–Kier alpha value is -1.21. The maximum absolute atomic E-state index is 12.3. The number of aliphatic hydroxyl groups is 1. The number of likely N-dealkylation sites (tertiary alicyclic amines) is 1. The van der Waals surface area contributed by atoms with E-state index in [4.69, 9.17) is 0 Å². The number of hydrogen-bond acceptors (Lipinski definition) is 3. The number of amides is 1. The Morgan fingerprint density at radius 3 is 2.48 bits per heavy atom. The van der Waals surface area contributed by atoms with E-state index < -0.39 is 11.1 Å². The first-order valence-electron chi connectivity index (χ1n) is 6.54. The van der Waals surface area contributed by atoms with Gasteiger partial charge in [-0.15, -0.1) is 0 Å². The molecule has 1 aliphatic heterocycles. The van der Waals surface area contributed by atoms with E-state index in [1.54, 1.807) is 6.92 Å². The second kappa shape index (κ2) is 5.88. The zero-order valence-corrected chi connectivity index (χ0v) is 12.3. The van der Waals surface area contributed by atoms with Gasteiger partial charge in [-0.1, -0.05) is 0 Å². The highest BCUT2D eigenvalue weighted by Gasteiger charge is 2.32. The number of carbonyl (C=O) groups is 1. The van der Waals surface area contributed by atoms with Crippen molar-refractivity contribution in [1.82, 2.24) is 4.90 Å². The number of alkyl halides is 3. The molecule has 1 aromatic rings. The molecule has 1 aliphatic rings. The van der Waals surface area contributed by atoms with E-state index >= 15 is 0 Å². The first-order chi connectivity index (χ1) is 9.66. The van der Waals surface area contributed by atoms with Crippen molar-refractivity contribution in [1.29, 1.82) is 0 Å². The molecule has 0 bridgehead atoms. The van der Waals surface area contributed by atoms with Gasteiger partial charge in [-0.3, -0.25) is 4.79 Å². The largest absolute Gasteiger partial charge is 0.446 e. The Kier molecular flexibility index (Phi) is 4.53. The Morgan fingerprint density at radius 1 is 1.33 bits per heavy atom. The van der Waals surface area contributed by atoms with Gasteiger partial charge >= 0.3 is 5.51 Å². The fraction of sp³-hybridized carbons (Fsp3) is 0.500. The molecule has 1 fully saturated rings. The Morgan fingerprint density at radius 2 is 1.95 bits per heavy atom. The molecule has 21 heavy (non-hydrogen) atoms. The third-order valence-corrected chi connectivity index (χ3v) is 4.04. The highest BCUT2D eigenvalue weighted by Crippen LogP contribution is 2.36. The van der Waals surface area contributed by atoms with E-state index in [1.807, 2.05) is 0 Å². The third-order valence-electron chi connectivity index (χ3n) is 3.30. The standard InChI is InChI=1S/C14H16F3NO2S/c1-13(20)7-2-8-18(9-13)12(19)10-3-5-11(6-4-10)21-14(15,16)17/h3-6,20H,2,7-9H2,1H3. The molecule has 116 valence electrons. The van der Waals surface area contributed by atoms with E-state index in [-0.39, 0.29) is 29.1 Å². The average Bonchev–Trinajstić information content (AvgIpc) is 2.36. The van der Waals surface area contributed by atoms with E-state index in [9.17, 15) is 23.1 Å². The van der Waals surface area contributed by atoms with Crippen LogP contribution in [0, 0.1) is 0 Å². The molecule has 2 rings (SSSR count). The molecular formula is C14H16F3NO2S. The Labute approximate surface area is 125 Å². The smallest absolute Gasteiger partial charge is 0.388 e. The van der Waals surface area contributed by atoms with Gasteiger partial charge in [0.2, 0.25) is 0 Å². The minimum atomic E-state index is -4.34. The van der Waals surface area contributed by atoms with Gasteiger partial charge in [-0.2, -0.15) is 13.2 Å². The summed E-state index contributed by atoms with van der Waals surface area (Å²) in [5.41, 5.74) is -4.91. The van der Waals surface area contributed by atoms with Crippen LogP contribution in [0.25, 0.3) is 0 Å². The van der Waals surface area contributed by atoms with Crippen molar-refractivity contribution >= 4 is 17.7 Å². The van der Waals surface area contributed by atoms with Gasteiger partial charge in [0.25, 0.3) is 5.91 Å². The minimum absolute atomic E-state index is 0.0460. The van der Waals surface area contributed by atoms with Crippen LogP contribution in [0.1, 0.15) is 30.1 Å². The van der Waals surface area contributed by atoms with E-state index in [1.165, 1.54) is 29.2 Å². The number of benzene rings is 1. The first-order valence-corrected chi connectivity index (χ1v) is 7.35. The van der Waals surface area contributed by atoms with E-state index in [2.05, 4.69) is 0 Å². The Bertz CT molecular complexity index is 514. The zero-order valence-electron chi connectivity index (χ0n) is 11.5. The molecule has 1 atom stereocenters. The lowest BCUT2D eigenvalue weighted by Gasteiger charge is -2.36. The van der Waals surface area contributed by atoms with Crippen LogP contribution >= 0.6 is 11.8 Å². The number of β-amino-alcohol motifs (C(OH)–C–C–N with tert-alkyl or cyclic N) is 1. The van der Waals surface area contributed by atoms with Crippen molar-refractivity contribution in [3.8, 4) is 0 Å². The van der Waals surface area contributed by atoms with E-state index in [0.29, 0.717) is 24.9 Å². The predicted molar refractivity (Wildman–Crippen MR) is 74.1 cm³/mol. The van der Waals surface area contributed by atoms with Gasteiger partial charge in [-0.25, -0.2) is 0 Å². The molecule has 1 aromatic carbocycles. The molecule has 3 nitrogen and oxygen atoms in total. The van der Waals surface area contributed by atoms with Gasteiger partial charge in [0, 0.05) is 23.5 Å². The summed E-state index contributed by atoms with van der Waals surface area (Å²) in [6, 6.07) is 5.35. The number of nitrogens with zero attached hydrogens (tertiary/aromatic N) is 1. The Balaban J connectivity index is 2.06. The normalized spacial score (nSPS) is 23.2. The zero-order chi connectivity index (χ0) is 15.7. The lowest BCUT2D eigenvalue weighted by molar-refractivity contribution is -0.0328. The summed E-state index contributed by atoms with van der Waals surface area (Å²) in [5, 5.41) is 9.99. The van der Waals surface area contributed by atoms with Crippen LogP contribution in [0.3, 0.4) is 0 Å². The van der Waals surface area contributed by atoms with Crippen LogP contribution in [0.2, 0.25) is 0 Å². The van der Waals surface area contributed by atoms with Crippen molar-refractivity contribution < 1.29 is 23.1 Å². The van der Waals surface area contributed by atoms with Gasteiger partial charge in [0.1, 0.15) is 0 Å².